The molecule has 0 bridgehead atoms. The quantitative estimate of drug-likeness (QED) is 0.763. The van der Waals surface area contributed by atoms with Crippen LogP contribution >= 0.6 is 0 Å². The molecular formula is C13H19N3O2. The minimum atomic E-state index is -0.474. The summed E-state index contributed by atoms with van der Waals surface area (Å²) in [5.74, 6) is 0.501. The topological polar surface area (TPSA) is 68.5 Å². The molecule has 1 aliphatic heterocycles. The van der Waals surface area contributed by atoms with Gasteiger partial charge in [-0.3, -0.25) is 0 Å². The second-order valence-electron chi connectivity index (χ2n) is 5.49. The van der Waals surface area contributed by atoms with E-state index in [0.717, 1.165) is 12.0 Å². The normalized spacial score (nSPS) is 15.2. The van der Waals surface area contributed by atoms with E-state index in [2.05, 4.69) is 4.98 Å². The summed E-state index contributed by atoms with van der Waals surface area (Å²) < 4.78 is 5.36. The summed E-state index contributed by atoms with van der Waals surface area (Å²) in [6, 6.07) is 1.96. The van der Waals surface area contributed by atoms with Crippen molar-refractivity contribution in [1.29, 1.82) is 0 Å². The van der Waals surface area contributed by atoms with Crippen molar-refractivity contribution >= 4 is 11.9 Å². The average molecular weight is 249 g/mol. The van der Waals surface area contributed by atoms with Gasteiger partial charge in [-0.05, 0) is 38.8 Å². The molecule has 0 unspecified atom stereocenters. The van der Waals surface area contributed by atoms with Crippen LogP contribution in [0, 0.1) is 0 Å². The fourth-order valence-electron chi connectivity index (χ4n) is 1.97. The first-order valence-corrected chi connectivity index (χ1v) is 6.07. The maximum Gasteiger partial charge on any atom is 0.410 e. The average Bonchev–Trinajstić information content (AvgIpc) is 2.27. The van der Waals surface area contributed by atoms with Gasteiger partial charge >= 0.3 is 6.09 Å². The molecular weight excluding hydrogens is 230 g/mol. The Hall–Kier alpha value is -1.78. The molecule has 0 aromatic carbocycles. The molecule has 1 aliphatic rings. The van der Waals surface area contributed by atoms with Gasteiger partial charge in [-0.15, -0.1) is 0 Å². The summed E-state index contributed by atoms with van der Waals surface area (Å²) in [5, 5.41) is 0. The smallest absolute Gasteiger partial charge is 0.410 e. The highest BCUT2D eigenvalue weighted by Gasteiger charge is 2.26. The Bertz CT molecular complexity index is 466. The van der Waals surface area contributed by atoms with Crippen LogP contribution in [0.25, 0.3) is 0 Å². The summed E-state index contributed by atoms with van der Waals surface area (Å²) >= 11 is 0. The van der Waals surface area contributed by atoms with Crippen LogP contribution in [0.15, 0.2) is 12.3 Å². The Morgan fingerprint density at radius 1 is 1.50 bits per heavy atom. The van der Waals surface area contributed by atoms with Gasteiger partial charge in [0.15, 0.2) is 0 Å². The molecule has 0 fully saturated rings. The number of hydrogen-bond acceptors (Lipinski definition) is 4. The number of aromatic nitrogens is 1. The molecule has 1 aromatic rings. The molecule has 2 heterocycles. The van der Waals surface area contributed by atoms with Gasteiger partial charge in [0.25, 0.3) is 0 Å². The van der Waals surface area contributed by atoms with E-state index < -0.39 is 5.60 Å². The lowest BCUT2D eigenvalue weighted by Crippen LogP contribution is -2.40. The van der Waals surface area contributed by atoms with Gasteiger partial charge in [0.05, 0.1) is 6.54 Å². The minimum Gasteiger partial charge on any atom is -0.444 e. The maximum atomic E-state index is 12.0. The molecule has 1 aromatic heterocycles. The van der Waals surface area contributed by atoms with Crippen LogP contribution in [0.4, 0.5) is 10.6 Å². The Morgan fingerprint density at radius 2 is 2.22 bits per heavy atom. The van der Waals surface area contributed by atoms with Gasteiger partial charge < -0.3 is 15.4 Å². The zero-order valence-corrected chi connectivity index (χ0v) is 11.1. The van der Waals surface area contributed by atoms with Crippen LogP contribution in [-0.2, 0) is 17.7 Å². The van der Waals surface area contributed by atoms with Crippen LogP contribution < -0.4 is 5.73 Å². The molecule has 18 heavy (non-hydrogen) atoms. The number of pyridine rings is 1. The number of anilines is 1. The molecule has 5 heteroatoms. The number of hydrogen-bond donors (Lipinski definition) is 1. The van der Waals surface area contributed by atoms with E-state index in [-0.39, 0.29) is 6.09 Å². The van der Waals surface area contributed by atoms with E-state index in [1.165, 1.54) is 5.56 Å². The zero-order valence-electron chi connectivity index (χ0n) is 11.1. The number of carbonyl (C=O) groups is 1. The second kappa shape index (κ2) is 4.48. The van der Waals surface area contributed by atoms with Crippen molar-refractivity contribution in [1.82, 2.24) is 9.88 Å². The molecule has 98 valence electrons. The van der Waals surface area contributed by atoms with E-state index in [0.29, 0.717) is 18.9 Å². The molecule has 0 atom stereocenters. The van der Waals surface area contributed by atoms with Crippen LogP contribution in [0.2, 0.25) is 0 Å². The van der Waals surface area contributed by atoms with E-state index in [1.807, 2.05) is 26.8 Å². The van der Waals surface area contributed by atoms with Gasteiger partial charge in [-0.25, -0.2) is 9.78 Å². The van der Waals surface area contributed by atoms with E-state index in [1.54, 1.807) is 11.1 Å². The highest BCUT2D eigenvalue weighted by Crippen LogP contribution is 2.23. The monoisotopic (exact) mass is 249 g/mol. The van der Waals surface area contributed by atoms with Gasteiger partial charge in [0.2, 0.25) is 0 Å². The number of nitrogens with zero attached hydrogens (tertiary/aromatic N) is 2. The first-order valence-electron chi connectivity index (χ1n) is 6.07. The van der Waals surface area contributed by atoms with Crippen molar-refractivity contribution in [3.8, 4) is 0 Å². The van der Waals surface area contributed by atoms with E-state index in [4.69, 9.17) is 10.5 Å². The standard InChI is InChI=1S/C13H19N3O2/c1-13(2,3)18-12(17)16-7-5-9-4-6-15-11(14)10(9)8-16/h4,6H,5,7-8H2,1-3H3,(H2,14,15). The lowest BCUT2D eigenvalue weighted by molar-refractivity contribution is 0.0224. The maximum absolute atomic E-state index is 12.0. The number of nitrogen functional groups attached to an aromatic ring is 1. The molecule has 1 amide bonds. The first-order chi connectivity index (χ1) is 8.37. The summed E-state index contributed by atoms with van der Waals surface area (Å²) in [6.07, 6.45) is 2.20. The molecule has 0 radical (unpaired) electrons. The fraction of sp³-hybridized carbons (Fsp3) is 0.538. The van der Waals surface area contributed by atoms with Crippen LogP contribution in [0.1, 0.15) is 31.9 Å². The summed E-state index contributed by atoms with van der Waals surface area (Å²) in [5.41, 5.74) is 7.47. The predicted molar refractivity (Wildman–Crippen MR) is 69.0 cm³/mol. The van der Waals surface area contributed by atoms with Gasteiger partial charge in [0, 0.05) is 18.3 Å². The Balaban J connectivity index is 2.12. The third-order valence-corrected chi connectivity index (χ3v) is 2.84. The lowest BCUT2D eigenvalue weighted by Gasteiger charge is -2.31. The van der Waals surface area contributed by atoms with E-state index in [9.17, 15) is 4.79 Å². The number of amides is 1. The van der Waals surface area contributed by atoms with Crippen molar-refractivity contribution in [2.24, 2.45) is 0 Å². The largest absolute Gasteiger partial charge is 0.444 e. The zero-order chi connectivity index (χ0) is 13.3. The van der Waals surface area contributed by atoms with Crippen molar-refractivity contribution < 1.29 is 9.53 Å². The SMILES string of the molecule is CC(C)(C)OC(=O)N1CCc2ccnc(N)c2C1. The molecule has 0 spiro atoms. The number of nitrogens with two attached hydrogens (primary N) is 1. The van der Waals surface area contributed by atoms with Crippen LogP contribution in [-0.4, -0.2) is 28.1 Å². The lowest BCUT2D eigenvalue weighted by atomic mass is 10.0. The number of carbonyl (C=O) groups excluding carboxylic acids is 1. The molecule has 2 N–H and O–H groups in total. The summed E-state index contributed by atoms with van der Waals surface area (Å²) in [6.45, 7) is 6.71. The summed E-state index contributed by atoms with van der Waals surface area (Å²) in [4.78, 5) is 17.7. The molecule has 5 nitrogen and oxygen atoms in total. The van der Waals surface area contributed by atoms with Crippen molar-refractivity contribution in [2.45, 2.75) is 39.3 Å². The highest BCUT2D eigenvalue weighted by atomic mass is 16.6. The minimum absolute atomic E-state index is 0.295. The van der Waals surface area contributed by atoms with Gasteiger partial charge in [0.1, 0.15) is 11.4 Å². The Labute approximate surface area is 107 Å². The second-order valence-corrected chi connectivity index (χ2v) is 5.49. The summed E-state index contributed by atoms with van der Waals surface area (Å²) in [7, 11) is 0. The van der Waals surface area contributed by atoms with Gasteiger partial charge in [-0.2, -0.15) is 0 Å². The van der Waals surface area contributed by atoms with Gasteiger partial charge in [-0.1, -0.05) is 0 Å². The molecule has 0 aliphatic carbocycles. The third kappa shape index (κ3) is 2.72. The first kappa shape index (κ1) is 12.7. The fourth-order valence-corrected chi connectivity index (χ4v) is 1.97. The number of fused-ring (bicyclic) bond motifs is 1. The number of rotatable bonds is 0. The molecule has 2 rings (SSSR count). The van der Waals surface area contributed by atoms with Crippen LogP contribution in [0.3, 0.4) is 0 Å². The van der Waals surface area contributed by atoms with Crippen LogP contribution in [0.5, 0.6) is 0 Å². The molecule has 0 saturated carbocycles. The van der Waals surface area contributed by atoms with Crippen molar-refractivity contribution in [2.75, 3.05) is 12.3 Å². The highest BCUT2D eigenvalue weighted by molar-refractivity contribution is 5.69. The van der Waals surface area contributed by atoms with E-state index >= 15 is 0 Å². The predicted octanol–water partition coefficient (Wildman–Crippen LogP) is 1.96. The Morgan fingerprint density at radius 3 is 2.89 bits per heavy atom. The van der Waals surface area contributed by atoms with Crippen molar-refractivity contribution in [3.05, 3.63) is 23.4 Å². The third-order valence-electron chi connectivity index (χ3n) is 2.84. The molecule has 0 saturated heterocycles. The van der Waals surface area contributed by atoms with Crippen molar-refractivity contribution in [3.63, 3.8) is 0 Å². The number of ether oxygens (including phenoxy) is 1. The Kier molecular flexibility index (Phi) is 3.15.